The second kappa shape index (κ2) is 2.44. The minimum Gasteiger partial charge on any atom is -0.235 e. The second-order valence-corrected chi connectivity index (χ2v) is 1.78. The fraction of sp³-hybridized carbons (Fsp3) is 0.167. The van der Waals surface area contributed by atoms with Crippen LogP contribution in [0.15, 0.2) is 23.8 Å². The Bertz CT molecular complexity index is 194. The average Bonchev–Trinajstić information content (AvgIpc) is 1.93. The Labute approximate surface area is 54.8 Å². The molecule has 0 N–H and O–H groups in total. The predicted molar refractivity (Wildman–Crippen MR) is 27.6 cm³/mol. The molecule has 0 aromatic rings. The lowest BCUT2D eigenvalue weighted by Crippen LogP contribution is -2.11. The van der Waals surface area contributed by atoms with Crippen LogP contribution in [-0.4, -0.2) is 6.17 Å². The van der Waals surface area contributed by atoms with Crippen molar-refractivity contribution in [3.8, 4) is 0 Å². The Hall–Kier alpha value is -0.800. The van der Waals surface area contributed by atoms with E-state index in [-0.39, 0.29) is 0 Å². The van der Waals surface area contributed by atoms with Gasteiger partial charge in [-0.25, -0.2) is 17.6 Å². The van der Waals surface area contributed by atoms with Crippen molar-refractivity contribution in [1.82, 2.24) is 0 Å². The zero-order valence-corrected chi connectivity index (χ0v) is 4.74. The molecular weight excluding hydrogens is 148 g/mol. The van der Waals surface area contributed by atoms with Crippen LogP contribution in [0.4, 0.5) is 17.6 Å². The summed E-state index contributed by atoms with van der Waals surface area (Å²) in [4.78, 5) is 0. The number of rotatable bonds is 0. The van der Waals surface area contributed by atoms with E-state index in [4.69, 9.17) is 0 Å². The summed E-state index contributed by atoms with van der Waals surface area (Å²) >= 11 is 0. The van der Waals surface area contributed by atoms with Gasteiger partial charge in [-0.05, 0) is 12.2 Å². The summed E-state index contributed by atoms with van der Waals surface area (Å²) in [6, 6.07) is 0. The SMILES string of the molecule is F[C]1C=CC(F)=C(F)C1F. The predicted octanol–water partition coefficient (Wildman–Crippen LogP) is 2.55. The van der Waals surface area contributed by atoms with Gasteiger partial charge in [0, 0.05) is 0 Å². The van der Waals surface area contributed by atoms with Crippen LogP contribution in [0.3, 0.4) is 0 Å². The van der Waals surface area contributed by atoms with Crippen LogP contribution in [0.5, 0.6) is 0 Å². The molecule has 0 aromatic heterocycles. The van der Waals surface area contributed by atoms with Crippen molar-refractivity contribution in [3.63, 3.8) is 0 Å². The van der Waals surface area contributed by atoms with E-state index in [9.17, 15) is 17.6 Å². The summed E-state index contributed by atoms with van der Waals surface area (Å²) in [6.45, 7) is 0. The number of alkyl halides is 1. The molecule has 0 bridgehead atoms. The third kappa shape index (κ3) is 1.05. The molecule has 55 valence electrons. The third-order valence-corrected chi connectivity index (χ3v) is 1.08. The van der Waals surface area contributed by atoms with E-state index in [0.29, 0.717) is 12.2 Å². The molecule has 0 aliphatic heterocycles. The molecule has 1 radical (unpaired) electrons. The Balaban J connectivity index is 2.88. The molecule has 4 heteroatoms. The van der Waals surface area contributed by atoms with Crippen LogP contribution in [0.1, 0.15) is 0 Å². The largest absolute Gasteiger partial charge is 0.235 e. The lowest BCUT2D eigenvalue weighted by molar-refractivity contribution is 0.268. The van der Waals surface area contributed by atoms with E-state index in [2.05, 4.69) is 0 Å². The molecule has 0 aromatic carbocycles. The van der Waals surface area contributed by atoms with Crippen LogP contribution in [0, 0.1) is 6.17 Å². The average molecular weight is 151 g/mol. The fourth-order valence-corrected chi connectivity index (χ4v) is 0.559. The van der Waals surface area contributed by atoms with Crippen LogP contribution >= 0.6 is 0 Å². The van der Waals surface area contributed by atoms with E-state index in [1.807, 2.05) is 0 Å². The molecular formula is C6H3F4. The van der Waals surface area contributed by atoms with Crippen molar-refractivity contribution in [3.05, 3.63) is 30.0 Å². The van der Waals surface area contributed by atoms with Gasteiger partial charge in [-0.15, -0.1) is 0 Å². The first-order valence-corrected chi connectivity index (χ1v) is 2.52. The van der Waals surface area contributed by atoms with Crippen LogP contribution in [0.25, 0.3) is 0 Å². The molecule has 0 spiro atoms. The van der Waals surface area contributed by atoms with Gasteiger partial charge in [0.25, 0.3) is 0 Å². The molecule has 1 atom stereocenters. The number of hydrogen-bond acceptors (Lipinski definition) is 0. The summed E-state index contributed by atoms with van der Waals surface area (Å²) in [6.07, 6.45) is -2.76. The molecule has 0 fully saturated rings. The normalized spacial score (nSPS) is 27.8. The van der Waals surface area contributed by atoms with Gasteiger partial charge in [-0.3, -0.25) is 0 Å². The first-order chi connectivity index (χ1) is 4.63. The monoisotopic (exact) mass is 151 g/mol. The van der Waals surface area contributed by atoms with Gasteiger partial charge >= 0.3 is 0 Å². The molecule has 1 unspecified atom stereocenters. The Morgan fingerprint density at radius 3 is 2.20 bits per heavy atom. The maximum Gasteiger partial charge on any atom is 0.207 e. The van der Waals surface area contributed by atoms with E-state index >= 15 is 0 Å². The third-order valence-electron chi connectivity index (χ3n) is 1.08. The van der Waals surface area contributed by atoms with E-state index in [1.165, 1.54) is 0 Å². The molecule has 0 saturated heterocycles. The highest BCUT2D eigenvalue weighted by atomic mass is 19.2. The second-order valence-electron chi connectivity index (χ2n) is 1.78. The molecule has 1 aliphatic carbocycles. The zero-order valence-electron chi connectivity index (χ0n) is 4.74. The van der Waals surface area contributed by atoms with Crippen molar-refractivity contribution in [2.24, 2.45) is 0 Å². The lowest BCUT2D eigenvalue weighted by atomic mass is 10.1. The van der Waals surface area contributed by atoms with Crippen LogP contribution in [-0.2, 0) is 0 Å². The fourth-order valence-electron chi connectivity index (χ4n) is 0.559. The van der Waals surface area contributed by atoms with Gasteiger partial charge in [0.2, 0.25) is 6.17 Å². The van der Waals surface area contributed by atoms with Crippen LogP contribution in [0.2, 0.25) is 0 Å². The maximum atomic E-state index is 12.1. The lowest BCUT2D eigenvalue weighted by Gasteiger charge is -2.10. The van der Waals surface area contributed by atoms with Crippen molar-refractivity contribution in [2.45, 2.75) is 6.17 Å². The molecule has 0 nitrogen and oxygen atoms in total. The minimum atomic E-state index is -2.55. The summed E-state index contributed by atoms with van der Waals surface area (Å²) in [5.74, 6) is -3.05. The highest BCUT2D eigenvalue weighted by Crippen LogP contribution is 2.30. The molecule has 1 rings (SSSR count). The van der Waals surface area contributed by atoms with Crippen LogP contribution < -0.4 is 0 Å². The van der Waals surface area contributed by atoms with Crippen molar-refractivity contribution >= 4 is 0 Å². The van der Waals surface area contributed by atoms with E-state index in [0.717, 1.165) is 0 Å². The van der Waals surface area contributed by atoms with Crippen molar-refractivity contribution < 1.29 is 17.6 Å². The van der Waals surface area contributed by atoms with Crippen molar-refractivity contribution in [1.29, 1.82) is 0 Å². The summed E-state index contributed by atoms with van der Waals surface area (Å²) < 4.78 is 48.1. The first-order valence-electron chi connectivity index (χ1n) is 2.52. The van der Waals surface area contributed by atoms with Gasteiger partial charge in [0.1, 0.15) is 0 Å². The molecule has 10 heavy (non-hydrogen) atoms. The molecule has 0 saturated carbocycles. The number of halogens is 4. The maximum absolute atomic E-state index is 12.1. The standard InChI is InChI=1S/C6H3F4/c7-3-1-2-4(8)6(10)5(3)9/h1-2,5H. The van der Waals surface area contributed by atoms with Gasteiger partial charge in [0.05, 0.1) is 0 Å². The quantitative estimate of drug-likeness (QED) is 0.466. The Morgan fingerprint density at radius 2 is 1.70 bits per heavy atom. The Morgan fingerprint density at radius 1 is 1.10 bits per heavy atom. The van der Waals surface area contributed by atoms with Gasteiger partial charge in [0.15, 0.2) is 17.8 Å². The molecule has 0 heterocycles. The van der Waals surface area contributed by atoms with E-state index in [1.54, 1.807) is 0 Å². The first kappa shape index (κ1) is 7.31. The molecule has 1 aliphatic rings. The summed E-state index contributed by atoms with van der Waals surface area (Å²) in [5.41, 5.74) is 0. The van der Waals surface area contributed by atoms with Gasteiger partial charge < -0.3 is 0 Å². The smallest absolute Gasteiger partial charge is 0.207 e. The molecule has 0 amide bonds. The highest BCUT2D eigenvalue weighted by molar-refractivity contribution is 5.32. The van der Waals surface area contributed by atoms with E-state index < -0.39 is 24.0 Å². The minimum absolute atomic E-state index is 0.542. The number of allylic oxidation sites excluding steroid dienone is 4. The van der Waals surface area contributed by atoms with Gasteiger partial charge in [-0.2, -0.15) is 0 Å². The van der Waals surface area contributed by atoms with Gasteiger partial charge in [-0.1, -0.05) is 0 Å². The zero-order chi connectivity index (χ0) is 7.72. The summed E-state index contributed by atoms with van der Waals surface area (Å²) in [5, 5.41) is 0. The topological polar surface area (TPSA) is 0 Å². The number of hydrogen-bond donors (Lipinski definition) is 0. The highest BCUT2D eigenvalue weighted by Gasteiger charge is 2.30. The Kier molecular flexibility index (Phi) is 1.78. The van der Waals surface area contributed by atoms with Crippen molar-refractivity contribution in [2.75, 3.05) is 0 Å². The summed E-state index contributed by atoms with van der Waals surface area (Å²) in [7, 11) is 0.